The van der Waals surface area contributed by atoms with Crippen molar-refractivity contribution in [2.75, 3.05) is 19.8 Å². The molecule has 2 N–H and O–H groups in total. The number of nitrogens with zero attached hydrogens (tertiary/aromatic N) is 1. The van der Waals surface area contributed by atoms with E-state index in [1.807, 2.05) is 0 Å². The maximum absolute atomic E-state index is 12.6. The summed E-state index contributed by atoms with van der Waals surface area (Å²) < 4.78 is 6.04. The Morgan fingerprint density at radius 2 is 2.14 bits per heavy atom. The molecule has 2 atom stereocenters. The number of carbonyl (C=O) groups excluding carboxylic acids is 1. The molecule has 2 unspecified atom stereocenters. The molecule has 6 nitrogen and oxygen atoms in total. The topological polar surface area (TPSA) is 87.1 Å². The maximum atomic E-state index is 12.6. The number of aliphatic carboxylic acids is 1. The van der Waals surface area contributed by atoms with E-state index in [1.165, 1.54) is 11.0 Å². The van der Waals surface area contributed by atoms with Crippen molar-refractivity contribution in [3.63, 3.8) is 0 Å². The third-order valence-corrected chi connectivity index (χ3v) is 4.23. The number of carbonyl (C=O) groups is 2. The van der Waals surface area contributed by atoms with Crippen molar-refractivity contribution in [2.45, 2.75) is 13.0 Å². The fourth-order valence-electron chi connectivity index (χ4n) is 2.45. The van der Waals surface area contributed by atoms with Crippen molar-refractivity contribution < 1.29 is 24.5 Å². The standard InChI is InChI=1S/C14H16INO5/c1-2-16(11-7-21-6-10(11)14(19)20)13(18)9-5-8(15)3-4-12(9)17/h3-5,10-11,17H,2,6-7H2,1H3,(H,19,20). The highest BCUT2D eigenvalue weighted by Gasteiger charge is 2.40. The Kier molecular flexibility index (Phi) is 5.04. The van der Waals surface area contributed by atoms with E-state index >= 15 is 0 Å². The molecule has 1 amide bonds. The van der Waals surface area contributed by atoms with Crippen LogP contribution in [0.4, 0.5) is 0 Å². The molecule has 0 saturated carbocycles. The second kappa shape index (κ2) is 6.61. The normalized spacial score (nSPS) is 21.2. The molecule has 7 heteroatoms. The monoisotopic (exact) mass is 405 g/mol. The molecule has 0 aromatic heterocycles. The van der Waals surface area contributed by atoms with E-state index in [9.17, 15) is 19.8 Å². The van der Waals surface area contributed by atoms with Crippen molar-refractivity contribution in [3.05, 3.63) is 27.3 Å². The SMILES string of the molecule is CCN(C(=O)c1cc(I)ccc1O)C1COCC1C(=O)O. The van der Waals surface area contributed by atoms with Gasteiger partial charge in [-0.3, -0.25) is 9.59 Å². The van der Waals surface area contributed by atoms with E-state index in [1.54, 1.807) is 19.1 Å². The summed E-state index contributed by atoms with van der Waals surface area (Å²) in [6, 6.07) is 4.23. The lowest BCUT2D eigenvalue weighted by Gasteiger charge is -2.29. The summed E-state index contributed by atoms with van der Waals surface area (Å²) in [5.41, 5.74) is 0.180. The van der Waals surface area contributed by atoms with E-state index in [2.05, 4.69) is 22.6 Å². The molecule has 21 heavy (non-hydrogen) atoms. The number of ether oxygens (including phenoxy) is 1. The highest BCUT2D eigenvalue weighted by atomic mass is 127. The molecular weight excluding hydrogens is 389 g/mol. The largest absolute Gasteiger partial charge is 0.507 e. The Bertz CT molecular complexity index is 562. The summed E-state index contributed by atoms with van der Waals surface area (Å²) in [5, 5.41) is 19.1. The zero-order valence-electron chi connectivity index (χ0n) is 11.5. The number of aromatic hydroxyl groups is 1. The smallest absolute Gasteiger partial charge is 0.311 e. The van der Waals surface area contributed by atoms with Gasteiger partial charge in [0.2, 0.25) is 0 Å². The van der Waals surface area contributed by atoms with Crippen LogP contribution in [0.5, 0.6) is 5.75 Å². The molecule has 1 aromatic carbocycles. The third-order valence-electron chi connectivity index (χ3n) is 3.56. The van der Waals surface area contributed by atoms with Gasteiger partial charge in [-0.25, -0.2) is 0 Å². The number of halogens is 1. The van der Waals surface area contributed by atoms with E-state index in [0.717, 1.165) is 3.57 Å². The van der Waals surface area contributed by atoms with Gasteiger partial charge in [-0.1, -0.05) is 0 Å². The van der Waals surface area contributed by atoms with Crippen molar-refractivity contribution in [3.8, 4) is 5.75 Å². The first kappa shape index (κ1) is 16.0. The Balaban J connectivity index is 2.30. The van der Waals surface area contributed by atoms with Gasteiger partial charge in [0.25, 0.3) is 5.91 Å². The molecule has 1 saturated heterocycles. The van der Waals surface area contributed by atoms with Gasteiger partial charge >= 0.3 is 5.97 Å². The molecule has 1 aromatic rings. The number of likely N-dealkylation sites (N-methyl/N-ethyl adjacent to an activating group) is 1. The van der Waals surface area contributed by atoms with Crippen LogP contribution in [0, 0.1) is 9.49 Å². The lowest BCUT2D eigenvalue weighted by atomic mass is 10.0. The third kappa shape index (κ3) is 3.29. The van der Waals surface area contributed by atoms with Gasteiger partial charge in [0.15, 0.2) is 0 Å². The first-order valence-electron chi connectivity index (χ1n) is 6.55. The minimum atomic E-state index is -0.976. The van der Waals surface area contributed by atoms with Crippen LogP contribution in [0.2, 0.25) is 0 Å². The second-order valence-corrected chi connectivity index (χ2v) is 6.05. The molecule has 0 radical (unpaired) electrons. The number of phenolic OH excluding ortho intramolecular Hbond substituents is 1. The predicted octanol–water partition coefficient (Wildman–Crippen LogP) is 1.56. The van der Waals surface area contributed by atoms with Gasteiger partial charge in [0.1, 0.15) is 11.7 Å². The predicted molar refractivity (Wildman–Crippen MR) is 83.3 cm³/mol. The highest BCUT2D eigenvalue weighted by molar-refractivity contribution is 14.1. The number of carboxylic acid groups (broad SMARTS) is 1. The minimum Gasteiger partial charge on any atom is -0.507 e. The number of amides is 1. The molecule has 0 aliphatic carbocycles. The molecule has 0 spiro atoms. The lowest BCUT2D eigenvalue weighted by Crippen LogP contribution is -2.46. The molecule has 0 bridgehead atoms. The summed E-state index contributed by atoms with van der Waals surface area (Å²) in [4.78, 5) is 25.3. The first-order chi connectivity index (χ1) is 9.95. The van der Waals surface area contributed by atoms with Crippen molar-refractivity contribution >= 4 is 34.5 Å². The number of rotatable bonds is 4. The van der Waals surface area contributed by atoms with Gasteiger partial charge in [-0.15, -0.1) is 0 Å². The van der Waals surface area contributed by atoms with Crippen molar-refractivity contribution in [2.24, 2.45) is 5.92 Å². The summed E-state index contributed by atoms with van der Waals surface area (Å²) >= 11 is 2.05. The lowest BCUT2D eigenvalue weighted by molar-refractivity contribution is -0.142. The Labute approximate surface area is 135 Å². The average molecular weight is 405 g/mol. The summed E-state index contributed by atoms with van der Waals surface area (Å²) in [7, 11) is 0. The maximum Gasteiger partial charge on any atom is 0.311 e. The van der Waals surface area contributed by atoms with Crippen LogP contribution in [-0.2, 0) is 9.53 Å². The van der Waals surface area contributed by atoms with E-state index in [-0.39, 0.29) is 30.4 Å². The Morgan fingerprint density at radius 3 is 2.76 bits per heavy atom. The summed E-state index contributed by atoms with van der Waals surface area (Å²) in [5.74, 6) is -2.20. The molecule has 1 fully saturated rings. The van der Waals surface area contributed by atoms with E-state index in [4.69, 9.17) is 4.74 Å². The minimum absolute atomic E-state index is 0.0993. The van der Waals surface area contributed by atoms with Gasteiger partial charge in [0, 0.05) is 10.1 Å². The van der Waals surface area contributed by atoms with Crippen LogP contribution < -0.4 is 0 Å². The molecule has 1 aliphatic heterocycles. The summed E-state index contributed by atoms with van der Waals surface area (Å²) in [6.07, 6.45) is 0. The zero-order chi connectivity index (χ0) is 15.6. The van der Waals surface area contributed by atoms with Gasteiger partial charge in [0.05, 0.1) is 24.8 Å². The van der Waals surface area contributed by atoms with Crippen molar-refractivity contribution in [1.29, 1.82) is 0 Å². The highest BCUT2D eigenvalue weighted by Crippen LogP contribution is 2.26. The number of carboxylic acids is 1. The fraction of sp³-hybridized carbons (Fsp3) is 0.429. The molecule has 1 aliphatic rings. The van der Waals surface area contributed by atoms with Crippen molar-refractivity contribution in [1.82, 2.24) is 4.90 Å². The van der Waals surface area contributed by atoms with E-state index in [0.29, 0.717) is 6.54 Å². The number of phenols is 1. The number of benzene rings is 1. The van der Waals surface area contributed by atoms with Crippen LogP contribution in [-0.4, -0.2) is 52.8 Å². The quantitative estimate of drug-likeness (QED) is 0.743. The van der Waals surface area contributed by atoms with Gasteiger partial charge in [-0.05, 0) is 47.7 Å². The van der Waals surface area contributed by atoms with Crippen LogP contribution >= 0.6 is 22.6 Å². The second-order valence-electron chi connectivity index (χ2n) is 4.80. The zero-order valence-corrected chi connectivity index (χ0v) is 13.6. The first-order valence-corrected chi connectivity index (χ1v) is 7.63. The van der Waals surface area contributed by atoms with Crippen LogP contribution in [0.15, 0.2) is 18.2 Å². The number of hydrogen-bond acceptors (Lipinski definition) is 4. The average Bonchev–Trinajstić information content (AvgIpc) is 2.91. The van der Waals surface area contributed by atoms with Crippen LogP contribution in [0.25, 0.3) is 0 Å². The van der Waals surface area contributed by atoms with E-state index < -0.39 is 17.9 Å². The van der Waals surface area contributed by atoms with Crippen LogP contribution in [0.3, 0.4) is 0 Å². The van der Waals surface area contributed by atoms with Gasteiger partial charge < -0.3 is 19.8 Å². The Hall–Kier alpha value is -1.35. The molecule has 114 valence electrons. The fourth-order valence-corrected chi connectivity index (χ4v) is 2.94. The number of hydrogen-bond donors (Lipinski definition) is 2. The van der Waals surface area contributed by atoms with Gasteiger partial charge in [-0.2, -0.15) is 0 Å². The molecule has 1 heterocycles. The molecule has 2 rings (SSSR count). The van der Waals surface area contributed by atoms with Crippen LogP contribution in [0.1, 0.15) is 17.3 Å². The summed E-state index contributed by atoms with van der Waals surface area (Å²) in [6.45, 7) is 2.42. The Morgan fingerprint density at radius 1 is 1.43 bits per heavy atom. The molecular formula is C14H16INO5.